The first kappa shape index (κ1) is 22.1. The van der Waals surface area contributed by atoms with E-state index in [2.05, 4.69) is 4.98 Å². The summed E-state index contributed by atoms with van der Waals surface area (Å²) in [6.07, 6.45) is 9.53. The number of carboxylic acids is 1. The highest BCUT2D eigenvalue weighted by Crippen LogP contribution is 2.21. The molecule has 2 rings (SSSR count). The molecule has 1 amide bonds. The fraction of sp³-hybridized carbons (Fsp3) is 0.591. The molecule has 1 unspecified atom stereocenters. The van der Waals surface area contributed by atoms with Crippen molar-refractivity contribution < 1.29 is 19.8 Å². The van der Waals surface area contributed by atoms with Gasteiger partial charge in [0.15, 0.2) is 0 Å². The van der Waals surface area contributed by atoms with Crippen molar-refractivity contribution in [3.63, 3.8) is 0 Å². The smallest absolute Gasteiger partial charge is 0.303 e. The Morgan fingerprint density at radius 3 is 2.86 bits per heavy atom. The summed E-state index contributed by atoms with van der Waals surface area (Å²) in [5.41, 5.74) is 1.79. The monoisotopic (exact) mass is 388 g/mol. The molecule has 1 aliphatic heterocycles. The summed E-state index contributed by atoms with van der Waals surface area (Å²) in [6.45, 7) is 2.62. The van der Waals surface area contributed by atoms with Crippen LogP contribution in [-0.4, -0.2) is 50.7 Å². The summed E-state index contributed by atoms with van der Waals surface area (Å²) >= 11 is 0. The largest absolute Gasteiger partial charge is 0.481 e. The van der Waals surface area contributed by atoms with Crippen LogP contribution < -0.4 is 0 Å². The van der Waals surface area contributed by atoms with Crippen molar-refractivity contribution in [1.29, 1.82) is 0 Å². The molecule has 2 heterocycles. The van der Waals surface area contributed by atoms with E-state index in [0.717, 1.165) is 43.5 Å². The number of aliphatic carboxylic acids is 1. The summed E-state index contributed by atoms with van der Waals surface area (Å²) in [5, 5.41) is 19.0. The van der Waals surface area contributed by atoms with Gasteiger partial charge in [-0.15, -0.1) is 0 Å². The minimum absolute atomic E-state index is 0.0281. The Kier molecular flexibility index (Phi) is 9.14. The van der Waals surface area contributed by atoms with Gasteiger partial charge in [-0.1, -0.05) is 31.1 Å². The van der Waals surface area contributed by atoms with Gasteiger partial charge in [-0.2, -0.15) is 0 Å². The number of aromatic nitrogens is 1. The number of carboxylic acid groups (broad SMARTS) is 1. The van der Waals surface area contributed by atoms with Crippen LogP contribution in [0, 0.1) is 6.92 Å². The molecule has 2 atom stereocenters. The Morgan fingerprint density at radius 1 is 1.32 bits per heavy atom. The number of carbonyl (C=O) groups is 2. The highest BCUT2D eigenvalue weighted by Gasteiger charge is 2.25. The van der Waals surface area contributed by atoms with E-state index in [1.54, 1.807) is 6.08 Å². The van der Waals surface area contributed by atoms with Gasteiger partial charge in [0.25, 0.3) is 0 Å². The molecule has 1 fully saturated rings. The number of aliphatic hydroxyl groups is 1. The van der Waals surface area contributed by atoms with Gasteiger partial charge in [0.05, 0.1) is 12.1 Å². The third-order valence-corrected chi connectivity index (χ3v) is 5.07. The highest BCUT2D eigenvalue weighted by molar-refractivity contribution is 5.77. The van der Waals surface area contributed by atoms with Gasteiger partial charge < -0.3 is 15.1 Å². The molecule has 0 spiro atoms. The van der Waals surface area contributed by atoms with E-state index >= 15 is 0 Å². The average Bonchev–Trinajstić information content (AvgIpc) is 2.64. The number of rotatable bonds is 11. The third kappa shape index (κ3) is 7.80. The zero-order valence-corrected chi connectivity index (χ0v) is 16.7. The number of piperidine rings is 1. The van der Waals surface area contributed by atoms with Crippen LogP contribution in [0.1, 0.15) is 62.8 Å². The normalized spacial score (nSPS) is 18.6. The first-order valence-corrected chi connectivity index (χ1v) is 10.3. The van der Waals surface area contributed by atoms with E-state index in [1.165, 1.54) is 0 Å². The molecule has 0 bridgehead atoms. The molecule has 1 aromatic rings. The number of hydrogen-bond donors (Lipinski definition) is 2. The first-order chi connectivity index (χ1) is 13.5. The van der Waals surface area contributed by atoms with Crippen LogP contribution in [-0.2, 0) is 16.0 Å². The number of amides is 1. The van der Waals surface area contributed by atoms with E-state index in [0.29, 0.717) is 25.8 Å². The second kappa shape index (κ2) is 11.6. The van der Waals surface area contributed by atoms with E-state index in [1.807, 2.05) is 36.1 Å². The molecule has 1 aliphatic rings. The predicted octanol–water partition coefficient (Wildman–Crippen LogP) is 3.27. The predicted molar refractivity (Wildman–Crippen MR) is 108 cm³/mol. The standard InChI is InChI=1S/C22H32N2O4/c1-17-8-6-9-18(23-17)16-20(25)14-13-19-10-7-11-21(26)24(19)15-5-3-2-4-12-22(27)28/h6,8-9,13-14,19-20,25H,2-5,7,10-12,15-16H2,1H3,(H,27,28)/t19-,20?/m1/s1. The molecule has 6 heteroatoms. The van der Waals surface area contributed by atoms with Crippen LogP contribution in [0.4, 0.5) is 0 Å². The van der Waals surface area contributed by atoms with E-state index < -0.39 is 12.1 Å². The quantitative estimate of drug-likeness (QED) is 0.448. The van der Waals surface area contributed by atoms with Crippen molar-refractivity contribution in [3.05, 3.63) is 41.7 Å². The summed E-state index contributed by atoms with van der Waals surface area (Å²) < 4.78 is 0. The van der Waals surface area contributed by atoms with Crippen molar-refractivity contribution >= 4 is 11.9 Å². The molecular formula is C22H32N2O4. The lowest BCUT2D eigenvalue weighted by Gasteiger charge is -2.34. The fourth-order valence-electron chi connectivity index (χ4n) is 3.60. The van der Waals surface area contributed by atoms with Crippen molar-refractivity contribution in [3.8, 4) is 0 Å². The second-order valence-electron chi connectivity index (χ2n) is 7.53. The van der Waals surface area contributed by atoms with Gasteiger partial charge in [0, 0.05) is 37.2 Å². The van der Waals surface area contributed by atoms with Gasteiger partial charge in [0.2, 0.25) is 5.91 Å². The van der Waals surface area contributed by atoms with E-state index in [-0.39, 0.29) is 18.4 Å². The van der Waals surface area contributed by atoms with Crippen LogP contribution in [0.15, 0.2) is 30.4 Å². The van der Waals surface area contributed by atoms with Crippen molar-refractivity contribution in [2.75, 3.05) is 6.54 Å². The number of hydrogen-bond acceptors (Lipinski definition) is 4. The van der Waals surface area contributed by atoms with Crippen molar-refractivity contribution in [2.24, 2.45) is 0 Å². The van der Waals surface area contributed by atoms with Gasteiger partial charge >= 0.3 is 5.97 Å². The number of likely N-dealkylation sites (tertiary alicyclic amines) is 1. The summed E-state index contributed by atoms with van der Waals surface area (Å²) in [4.78, 5) is 29.2. The highest BCUT2D eigenvalue weighted by atomic mass is 16.4. The lowest BCUT2D eigenvalue weighted by Crippen LogP contribution is -2.43. The number of unbranched alkanes of at least 4 members (excludes halogenated alkanes) is 3. The number of aliphatic hydroxyl groups excluding tert-OH is 1. The molecule has 2 N–H and O–H groups in total. The first-order valence-electron chi connectivity index (χ1n) is 10.3. The van der Waals surface area contributed by atoms with Crippen LogP contribution in [0.2, 0.25) is 0 Å². The fourth-order valence-corrected chi connectivity index (χ4v) is 3.60. The Hall–Kier alpha value is -2.21. The molecule has 0 saturated carbocycles. The third-order valence-electron chi connectivity index (χ3n) is 5.07. The minimum atomic E-state index is -0.754. The molecule has 1 saturated heterocycles. The minimum Gasteiger partial charge on any atom is -0.481 e. The summed E-state index contributed by atoms with van der Waals surface area (Å²) in [5.74, 6) is -0.586. The van der Waals surface area contributed by atoms with Crippen molar-refractivity contribution in [2.45, 2.75) is 76.9 Å². The molecule has 28 heavy (non-hydrogen) atoms. The zero-order chi connectivity index (χ0) is 20.4. The van der Waals surface area contributed by atoms with Crippen molar-refractivity contribution in [1.82, 2.24) is 9.88 Å². The maximum absolute atomic E-state index is 12.3. The summed E-state index contributed by atoms with van der Waals surface area (Å²) in [7, 11) is 0. The van der Waals surface area contributed by atoms with Crippen LogP contribution in [0.5, 0.6) is 0 Å². The molecule has 0 aromatic carbocycles. The molecule has 0 aliphatic carbocycles. The van der Waals surface area contributed by atoms with Gasteiger partial charge in [0.1, 0.15) is 0 Å². The number of carbonyl (C=O) groups excluding carboxylic acids is 1. The van der Waals surface area contributed by atoms with Gasteiger partial charge in [-0.25, -0.2) is 0 Å². The Labute approximate surface area is 167 Å². The second-order valence-corrected chi connectivity index (χ2v) is 7.53. The van der Waals surface area contributed by atoms with Gasteiger partial charge in [-0.3, -0.25) is 14.6 Å². The Bertz CT molecular complexity index is 674. The Morgan fingerprint density at radius 2 is 2.11 bits per heavy atom. The van der Waals surface area contributed by atoms with Crippen LogP contribution in [0.25, 0.3) is 0 Å². The Balaban J connectivity index is 1.82. The maximum atomic E-state index is 12.3. The molecule has 0 radical (unpaired) electrons. The lowest BCUT2D eigenvalue weighted by atomic mass is 9.99. The van der Waals surface area contributed by atoms with Crippen LogP contribution in [0.3, 0.4) is 0 Å². The van der Waals surface area contributed by atoms with Crippen LogP contribution >= 0.6 is 0 Å². The summed E-state index contributed by atoms with van der Waals surface area (Å²) in [6, 6.07) is 5.80. The lowest BCUT2D eigenvalue weighted by molar-refractivity contribution is -0.137. The molecule has 6 nitrogen and oxygen atoms in total. The molecular weight excluding hydrogens is 356 g/mol. The van der Waals surface area contributed by atoms with E-state index in [4.69, 9.17) is 5.11 Å². The molecule has 154 valence electrons. The zero-order valence-electron chi connectivity index (χ0n) is 16.7. The number of aryl methyl sites for hydroxylation is 1. The molecule has 1 aromatic heterocycles. The number of nitrogens with zero attached hydrogens (tertiary/aromatic N) is 2. The maximum Gasteiger partial charge on any atom is 0.303 e. The van der Waals surface area contributed by atoms with Gasteiger partial charge in [-0.05, 0) is 44.7 Å². The van der Waals surface area contributed by atoms with E-state index in [9.17, 15) is 14.7 Å². The SMILES string of the molecule is Cc1cccc(CC(O)C=C[C@H]2CCCC(=O)N2CCCCCCC(=O)O)n1. The average molecular weight is 389 g/mol. The topological polar surface area (TPSA) is 90.7 Å². The number of pyridine rings is 1.